The maximum atomic E-state index is 12.0. The average molecular weight is 276 g/mol. The van der Waals surface area contributed by atoms with Crippen LogP contribution in [0.5, 0.6) is 0 Å². The molecule has 1 unspecified atom stereocenters. The minimum absolute atomic E-state index is 0.0541. The van der Waals surface area contributed by atoms with Gasteiger partial charge < -0.3 is 15.3 Å². The molecule has 1 heterocycles. The number of likely N-dealkylation sites (N-methyl/N-ethyl adjacent to an activating group) is 1. The van der Waals surface area contributed by atoms with E-state index < -0.39 is 5.97 Å². The summed E-state index contributed by atoms with van der Waals surface area (Å²) in [6.07, 6.45) is 2.72. The molecular weight excluding hydrogens is 256 g/mol. The molecule has 0 radical (unpaired) electrons. The fourth-order valence-electron chi connectivity index (χ4n) is 2.73. The third-order valence-electron chi connectivity index (χ3n) is 3.74. The monoisotopic (exact) mass is 276 g/mol. The van der Waals surface area contributed by atoms with Crippen LogP contribution in [0.2, 0.25) is 0 Å². The van der Waals surface area contributed by atoms with E-state index in [-0.39, 0.29) is 17.5 Å². The molecule has 1 amide bonds. The number of hydrogen-bond donors (Lipinski definition) is 2. The largest absolute Gasteiger partial charge is 0.478 e. The van der Waals surface area contributed by atoms with Crippen molar-refractivity contribution in [1.82, 2.24) is 5.32 Å². The van der Waals surface area contributed by atoms with Crippen molar-refractivity contribution in [3.8, 4) is 0 Å². The second kappa shape index (κ2) is 5.94. The number of aryl methyl sites for hydroxylation is 1. The van der Waals surface area contributed by atoms with Gasteiger partial charge in [0.05, 0.1) is 11.3 Å². The average Bonchev–Trinajstić information content (AvgIpc) is 2.46. The lowest BCUT2D eigenvalue weighted by atomic mass is 9.98. The summed E-state index contributed by atoms with van der Waals surface area (Å²) in [5.74, 6) is -1.01. The maximum absolute atomic E-state index is 12.0. The predicted molar refractivity (Wildman–Crippen MR) is 77.2 cm³/mol. The first-order valence-corrected chi connectivity index (χ1v) is 6.86. The summed E-state index contributed by atoms with van der Waals surface area (Å²) in [5, 5.41) is 12.0. The Morgan fingerprint density at radius 1 is 1.35 bits per heavy atom. The molecule has 1 aromatic rings. The molecule has 0 bridgehead atoms. The van der Waals surface area contributed by atoms with Gasteiger partial charge in [0.2, 0.25) is 5.91 Å². The van der Waals surface area contributed by atoms with Crippen LogP contribution >= 0.6 is 0 Å². The highest BCUT2D eigenvalue weighted by molar-refractivity contribution is 5.96. The van der Waals surface area contributed by atoms with Gasteiger partial charge in [-0.05, 0) is 38.3 Å². The Morgan fingerprint density at radius 3 is 2.75 bits per heavy atom. The standard InChI is InChI=1S/C15H20N2O3/c1-10-6-7-12(11(9-10)15(19)20)17-8-4-3-5-13(17)14(18)16-2/h6-7,9,13H,3-5,8H2,1-2H3,(H,16,18)(H,19,20). The second-order valence-electron chi connectivity index (χ2n) is 5.14. The van der Waals surface area contributed by atoms with E-state index in [4.69, 9.17) is 0 Å². The van der Waals surface area contributed by atoms with Crippen molar-refractivity contribution in [3.63, 3.8) is 0 Å². The van der Waals surface area contributed by atoms with Crippen LogP contribution in [0.4, 0.5) is 5.69 Å². The van der Waals surface area contributed by atoms with E-state index in [9.17, 15) is 14.7 Å². The summed E-state index contributed by atoms with van der Waals surface area (Å²) in [4.78, 5) is 25.4. The van der Waals surface area contributed by atoms with E-state index in [2.05, 4.69) is 5.32 Å². The van der Waals surface area contributed by atoms with Crippen LogP contribution in [0.3, 0.4) is 0 Å². The minimum atomic E-state index is -0.954. The van der Waals surface area contributed by atoms with E-state index >= 15 is 0 Å². The molecule has 108 valence electrons. The van der Waals surface area contributed by atoms with Gasteiger partial charge in [0, 0.05) is 13.6 Å². The molecule has 1 aliphatic rings. The molecule has 1 fully saturated rings. The van der Waals surface area contributed by atoms with Crippen LogP contribution in [0.25, 0.3) is 0 Å². The van der Waals surface area contributed by atoms with E-state index in [1.165, 1.54) is 0 Å². The molecule has 0 spiro atoms. The van der Waals surface area contributed by atoms with Crippen molar-refractivity contribution in [3.05, 3.63) is 29.3 Å². The number of aromatic carboxylic acids is 1. The number of benzene rings is 1. The van der Waals surface area contributed by atoms with Gasteiger partial charge >= 0.3 is 5.97 Å². The van der Waals surface area contributed by atoms with Gasteiger partial charge in [0.1, 0.15) is 6.04 Å². The Kier molecular flexibility index (Phi) is 4.27. The van der Waals surface area contributed by atoms with Gasteiger partial charge in [0.25, 0.3) is 0 Å². The molecule has 1 aromatic carbocycles. The van der Waals surface area contributed by atoms with Crippen molar-refractivity contribution in [1.29, 1.82) is 0 Å². The first kappa shape index (κ1) is 14.4. The van der Waals surface area contributed by atoms with Crippen molar-refractivity contribution in [2.45, 2.75) is 32.2 Å². The Balaban J connectivity index is 2.42. The Hall–Kier alpha value is -2.04. The van der Waals surface area contributed by atoms with Crippen molar-refractivity contribution in [2.24, 2.45) is 0 Å². The zero-order valence-electron chi connectivity index (χ0n) is 11.8. The van der Waals surface area contributed by atoms with Gasteiger partial charge in [-0.1, -0.05) is 11.6 Å². The zero-order chi connectivity index (χ0) is 14.7. The highest BCUT2D eigenvalue weighted by Crippen LogP contribution is 2.29. The first-order chi connectivity index (χ1) is 9.54. The summed E-state index contributed by atoms with van der Waals surface area (Å²) in [6, 6.07) is 5.07. The summed E-state index contributed by atoms with van der Waals surface area (Å²) in [5.41, 5.74) is 1.80. The van der Waals surface area contributed by atoms with E-state index in [1.807, 2.05) is 17.9 Å². The van der Waals surface area contributed by atoms with Crippen LogP contribution in [0.15, 0.2) is 18.2 Å². The summed E-state index contributed by atoms with van der Waals surface area (Å²) < 4.78 is 0. The Labute approximate surface area is 118 Å². The number of hydrogen-bond acceptors (Lipinski definition) is 3. The number of rotatable bonds is 3. The summed E-state index contributed by atoms with van der Waals surface area (Å²) in [7, 11) is 1.61. The van der Waals surface area contributed by atoms with E-state index in [0.29, 0.717) is 12.2 Å². The van der Waals surface area contributed by atoms with E-state index in [0.717, 1.165) is 24.8 Å². The number of carbonyl (C=O) groups is 2. The molecule has 0 saturated carbocycles. The topological polar surface area (TPSA) is 69.6 Å². The second-order valence-corrected chi connectivity index (χ2v) is 5.14. The van der Waals surface area contributed by atoms with Crippen LogP contribution in [0, 0.1) is 6.92 Å². The number of carboxylic acid groups (broad SMARTS) is 1. The third-order valence-corrected chi connectivity index (χ3v) is 3.74. The highest BCUT2D eigenvalue weighted by atomic mass is 16.4. The molecule has 2 N–H and O–H groups in total. The number of carbonyl (C=O) groups excluding carboxylic acids is 1. The van der Waals surface area contributed by atoms with Gasteiger partial charge in [-0.25, -0.2) is 4.79 Å². The van der Waals surface area contributed by atoms with Gasteiger partial charge in [-0.2, -0.15) is 0 Å². The fraction of sp³-hybridized carbons (Fsp3) is 0.467. The molecule has 5 nitrogen and oxygen atoms in total. The van der Waals surface area contributed by atoms with Crippen LogP contribution in [-0.2, 0) is 4.79 Å². The molecule has 5 heteroatoms. The molecule has 0 aromatic heterocycles. The van der Waals surface area contributed by atoms with Crippen molar-refractivity contribution >= 4 is 17.6 Å². The normalized spacial score (nSPS) is 18.7. The lowest BCUT2D eigenvalue weighted by Crippen LogP contribution is -2.49. The minimum Gasteiger partial charge on any atom is -0.478 e. The number of nitrogens with one attached hydrogen (secondary N) is 1. The number of piperidine rings is 1. The Bertz CT molecular complexity index is 528. The number of carboxylic acids is 1. The zero-order valence-corrected chi connectivity index (χ0v) is 11.8. The van der Waals surface area contributed by atoms with Crippen LogP contribution in [0.1, 0.15) is 35.2 Å². The van der Waals surface area contributed by atoms with Crippen molar-refractivity contribution in [2.75, 3.05) is 18.5 Å². The molecule has 2 rings (SSSR count). The summed E-state index contributed by atoms with van der Waals surface area (Å²) in [6.45, 7) is 2.57. The molecule has 0 aliphatic carbocycles. The van der Waals surface area contributed by atoms with Crippen LogP contribution in [-0.4, -0.2) is 36.6 Å². The Morgan fingerprint density at radius 2 is 2.10 bits per heavy atom. The molecular formula is C15H20N2O3. The van der Waals surface area contributed by atoms with Gasteiger partial charge in [-0.15, -0.1) is 0 Å². The number of anilines is 1. The smallest absolute Gasteiger partial charge is 0.337 e. The SMILES string of the molecule is CNC(=O)C1CCCCN1c1ccc(C)cc1C(=O)O. The molecule has 1 saturated heterocycles. The first-order valence-electron chi connectivity index (χ1n) is 6.86. The molecule has 20 heavy (non-hydrogen) atoms. The number of nitrogens with zero attached hydrogens (tertiary/aromatic N) is 1. The van der Waals surface area contributed by atoms with E-state index in [1.54, 1.807) is 19.2 Å². The highest BCUT2D eigenvalue weighted by Gasteiger charge is 2.30. The van der Waals surface area contributed by atoms with Gasteiger partial charge in [-0.3, -0.25) is 4.79 Å². The van der Waals surface area contributed by atoms with Gasteiger partial charge in [0.15, 0.2) is 0 Å². The maximum Gasteiger partial charge on any atom is 0.337 e. The predicted octanol–water partition coefficient (Wildman–Crippen LogP) is 1.80. The molecule has 1 atom stereocenters. The number of amides is 1. The van der Waals surface area contributed by atoms with Crippen LogP contribution < -0.4 is 10.2 Å². The summed E-state index contributed by atoms with van der Waals surface area (Å²) >= 11 is 0. The lowest BCUT2D eigenvalue weighted by molar-refractivity contribution is -0.122. The lowest BCUT2D eigenvalue weighted by Gasteiger charge is -2.37. The third kappa shape index (κ3) is 2.76. The fourth-order valence-corrected chi connectivity index (χ4v) is 2.73. The van der Waals surface area contributed by atoms with Crippen molar-refractivity contribution < 1.29 is 14.7 Å². The molecule has 1 aliphatic heterocycles. The quantitative estimate of drug-likeness (QED) is 0.883.